The number of benzene rings is 1. The van der Waals surface area contributed by atoms with E-state index in [-0.39, 0.29) is 0 Å². The normalized spacial score (nSPS) is 12.1. The van der Waals surface area contributed by atoms with Crippen LogP contribution in [0.4, 0.5) is 5.69 Å². The number of hydrogen-bond acceptors (Lipinski definition) is 2. The Bertz CT molecular complexity index is 436. The second kappa shape index (κ2) is 7.67. The fourth-order valence-corrected chi connectivity index (χ4v) is 1.98. The SMILES string of the molecule is CC/C=C(\CCC)c1ccc(N=CNO)c(C)c1. The lowest BCUT2D eigenvalue weighted by atomic mass is 9.98. The van der Waals surface area contributed by atoms with Crippen molar-refractivity contribution >= 4 is 17.6 Å². The van der Waals surface area contributed by atoms with Crippen LogP contribution < -0.4 is 5.48 Å². The highest BCUT2D eigenvalue weighted by molar-refractivity contribution is 5.70. The van der Waals surface area contributed by atoms with Gasteiger partial charge in [-0.25, -0.2) is 4.99 Å². The van der Waals surface area contributed by atoms with Gasteiger partial charge in [0.2, 0.25) is 0 Å². The molecular weight excluding hydrogens is 224 g/mol. The molecule has 0 unspecified atom stereocenters. The Morgan fingerprint density at radius 2 is 2.17 bits per heavy atom. The van der Waals surface area contributed by atoms with Gasteiger partial charge in [-0.15, -0.1) is 0 Å². The maximum atomic E-state index is 8.49. The molecule has 1 aromatic rings. The van der Waals surface area contributed by atoms with E-state index in [0.29, 0.717) is 0 Å². The molecule has 0 saturated carbocycles. The Balaban J connectivity index is 3.01. The molecule has 2 N–H and O–H groups in total. The summed E-state index contributed by atoms with van der Waals surface area (Å²) in [6.07, 6.45) is 6.88. The van der Waals surface area contributed by atoms with Gasteiger partial charge in [0, 0.05) is 0 Å². The van der Waals surface area contributed by atoms with E-state index in [1.807, 2.05) is 18.5 Å². The Kier molecular flexibility index (Phi) is 6.15. The number of hydrogen-bond donors (Lipinski definition) is 2. The van der Waals surface area contributed by atoms with Gasteiger partial charge in [-0.1, -0.05) is 32.4 Å². The van der Waals surface area contributed by atoms with Crippen LogP contribution in [0.2, 0.25) is 0 Å². The third kappa shape index (κ3) is 4.00. The minimum Gasteiger partial charge on any atom is -0.290 e. The van der Waals surface area contributed by atoms with Crippen LogP contribution in [0.1, 0.15) is 44.2 Å². The van der Waals surface area contributed by atoms with Crippen molar-refractivity contribution in [2.75, 3.05) is 0 Å². The first-order valence-electron chi connectivity index (χ1n) is 6.45. The zero-order chi connectivity index (χ0) is 13.4. The van der Waals surface area contributed by atoms with E-state index in [4.69, 9.17) is 5.21 Å². The van der Waals surface area contributed by atoms with E-state index in [9.17, 15) is 0 Å². The van der Waals surface area contributed by atoms with Crippen molar-refractivity contribution in [3.8, 4) is 0 Å². The van der Waals surface area contributed by atoms with Crippen LogP contribution in [0.25, 0.3) is 5.57 Å². The summed E-state index contributed by atoms with van der Waals surface area (Å²) in [4.78, 5) is 4.11. The summed E-state index contributed by atoms with van der Waals surface area (Å²) < 4.78 is 0. The molecule has 1 aromatic carbocycles. The first kappa shape index (κ1) is 14.5. The van der Waals surface area contributed by atoms with Crippen LogP contribution in [0, 0.1) is 6.92 Å². The number of nitrogens with one attached hydrogen (secondary N) is 1. The van der Waals surface area contributed by atoms with Crippen LogP contribution in [0.15, 0.2) is 29.3 Å². The molecule has 0 amide bonds. The molecule has 0 radical (unpaired) electrons. The highest BCUT2D eigenvalue weighted by Gasteiger charge is 2.03. The molecule has 0 aliphatic rings. The molecule has 0 bridgehead atoms. The van der Waals surface area contributed by atoms with Gasteiger partial charge in [0.1, 0.15) is 6.34 Å². The Morgan fingerprint density at radius 1 is 1.39 bits per heavy atom. The highest BCUT2D eigenvalue weighted by atomic mass is 16.5. The number of rotatable bonds is 6. The van der Waals surface area contributed by atoms with Crippen molar-refractivity contribution in [1.82, 2.24) is 5.48 Å². The molecule has 98 valence electrons. The lowest BCUT2D eigenvalue weighted by molar-refractivity contribution is 0.240. The van der Waals surface area contributed by atoms with E-state index in [0.717, 1.165) is 30.5 Å². The molecule has 0 saturated heterocycles. The minimum atomic E-state index is 0.868. The third-order valence-corrected chi connectivity index (χ3v) is 2.80. The van der Waals surface area contributed by atoms with E-state index in [1.54, 1.807) is 0 Å². The van der Waals surface area contributed by atoms with Gasteiger partial charge in [0.25, 0.3) is 0 Å². The van der Waals surface area contributed by atoms with Crippen molar-refractivity contribution in [3.63, 3.8) is 0 Å². The standard InChI is InChI=1S/C15H22N2O/c1-4-6-13(7-5-2)14-8-9-15(12(3)10-14)16-11-17-18/h6,8-11,18H,4-5,7H2,1-3H3,(H,16,17)/b13-6+. The van der Waals surface area contributed by atoms with Crippen LogP contribution in [-0.2, 0) is 0 Å². The zero-order valence-corrected chi connectivity index (χ0v) is 11.4. The lowest BCUT2D eigenvalue weighted by Gasteiger charge is -2.09. The number of aliphatic imine (C=N–C) groups is 1. The molecule has 0 spiro atoms. The minimum absolute atomic E-state index is 0.868. The number of hydroxylamine groups is 1. The fraction of sp³-hybridized carbons (Fsp3) is 0.400. The Labute approximate surface area is 109 Å². The maximum Gasteiger partial charge on any atom is 0.113 e. The molecular formula is C15H22N2O. The molecule has 3 heteroatoms. The van der Waals surface area contributed by atoms with Gasteiger partial charge >= 0.3 is 0 Å². The lowest BCUT2D eigenvalue weighted by Crippen LogP contribution is -2.01. The molecule has 0 aromatic heterocycles. The van der Waals surface area contributed by atoms with Crippen molar-refractivity contribution in [2.24, 2.45) is 4.99 Å². The molecule has 0 atom stereocenters. The summed E-state index contributed by atoms with van der Waals surface area (Å²) in [5.74, 6) is 0. The van der Waals surface area contributed by atoms with Crippen molar-refractivity contribution < 1.29 is 5.21 Å². The summed E-state index contributed by atoms with van der Waals surface area (Å²) >= 11 is 0. The van der Waals surface area contributed by atoms with E-state index >= 15 is 0 Å². The van der Waals surface area contributed by atoms with Crippen LogP contribution in [0.3, 0.4) is 0 Å². The van der Waals surface area contributed by atoms with Crippen LogP contribution >= 0.6 is 0 Å². The number of allylic oxidation sites excluding steroid dienone is 2. The number of nitrogens with zero attached hydrogens (tertiary/aromatic N) is 1. The summed E-state index contributed by atoms with van der Waals surface area (Å²) in [7, 11) is 0. The molecule has 18 heavy (non-hydrogen) atoms. The maximum absolute atomic E-state index is 8.49. The van der Waals surface area contributed by atoms with Gasteiger partial charge < -0.3 is 0 Å². The van der Waals surface area contributed by atoms with Crippen molar-refractivity contribution in [3.05, 3.63) is 35.4 Å². The zero-order valence-electron chi connectivity index (χ0n) is 11.4. The van der Waals surface area contributed by atoms with Crippen molar-refractivity contribution in [1.29, 1.82) is 0 Å². The summed E-state index contributed by atoms with van der Waals surface area (Å²) in [5.41, 5.74) is 6.57. The first-order valence-corrected chi connectivity index (χ1v) is 6.45. The molecule has 1 rings (SSSR count). The summed E-state index contributed by atoms with van der Waals surface area (Å²) in [6, 6.07) is 6.23. The molecule has 3 nitrogen and oxygen atoms in total. The summed E-state index contributed by atoms with van der Waals surface area (Å²) in [6.45, 7) is 6.39. The van der Waals surface area contributed by atoms with Crippen LogP contribution in [0.5, 0.6) is 0 Å². The predicted molar refractivity (Wildman–Crippen MR) is 77.4 cm³/mol. The smallest absolute Gasteiger partial charge is 0.113 e. The summed E-state index contributed by atoms with van der Waals surface area (Å²) in [5, 5.41) is 8.49. The molecule has 0 fully saturated rings. The van der Waals surface area contributed by atoms with Gasteiger partial charge in [-0.2, -0.15) is 0 Å². The van der Waals surface area contributed by atoms with E-state index in [2.05, 4.69) is 37.0 Å². The van der Waals surface area contributed by atoms with Crippen molar-refractivity contribution in [2.45, 2.75) is 40.0 Å². The van der Waals surface area contributed by atoms with Gasteiger partial charge in [0.15, 0.2) is 0 Å². The average Bonchev–Trinajstić information content (AvgIpc) is 2.37. The highest BCUT2D eigenvalue weighted by Crippen LogP contribution is 2.26. The predicted octanol–water partition coefficient (Wildman–Crippen LogP) is 4.23. The first-order chi connectivity index (χ1) is 8.72. The van der Waals surface area contributed by atoms with Gasteiger partial charge in [-0.05, 0) is 48.6 Å². The largest absolute Gasteiger partial charge is 0.290 e. The average molecular weight is 246 g/mol. The quantitative estimate of drug-likeness (QED) is 0.448. The Morgan fingerprint density at radius 3 is 2.72 bits per heavy atom. The van der Waals surface area contributed by atoms with E-state index < -0.39 is 0 Å². The second-order valence-corrected chi connectivity index (χ2v) is 4.28. The molecule has 0 heterocycles. The fourth-order valence-electron chi connectivity index (χ4n) is 1.98. The van der Waals surface area contributed by atoms with Crippen LogP contribution in [-0.4, -0.2) is 11.5 Å². The van der Waals surface area contributed by atoms with E-state index in [1.165, 1.54) is 17.5 Å². The number of aryl methyl sites for hydroxylation is 1. The Hall–Kier alpha value is -1.61. The van der Waals surface area contributed by atoms with Gasteiger partial charge in [0.05, 0.1) is 5.69 Å². The topological polar surface area (TPSA) is 44.6 Å². The monoisotopic (exact) mass is 246 g/mol. The van der Waals surface area contributed by atoms with Gasteiger partial charge in [-0.3, -0.25) is 10.7 Å². The third-order valence-electron chi connectivity index (χ3n) is 2.80. The molecule has 0 aliphatic heterocycles. The molecule has 0 aliphatic carbocycles. The second-order valence-electron chi connectivity index (χ2n) is 4.28.